The lowest BCUT2D eigenvalue weighted by Crippen LogP contribution is -2.41. The molecular weight excluding hydrogens is 323 g/mol. The van der Waals surface area contributed by atoms with Crippen molar-refractivity contribution in [3.63, 3.8) is 0 Å². The van der Waals surface area contributed by atoms with Crippen LogP contribution < -0.4 is 5.46 Å². The molecule has 25 heavy (non-hydrogen) atoms. The number of aryl methyl sites for hydroxylation is 1. The van der Waals surface area contributed by atoms with E-state index in [1.54, 1.807) is 11.7 Å². The Labute approximate surface area is 149 Å². The minimum atomic E-state index is -0.577. The number of aliphatic hydroxyl groups is 1. The second-order valence-corrected chi connectivity index (χ2v) is 7.78. The Bertz CT molecular complexity index is 594. The van der Waals surface area contributed by atoms with Crippen LogP contribution in [0.3, 0.4) is 0 Å². The van der Waals surface area contributed by atoms with Crippen molar-refractivity contribution in [2.45, 2.75) is 77.7 Å². The zero-order valence-corrected chi connectivity index (χ0v) is 15.9. The number of ether oxygens (including phenoxy) is 2. The summed E-state index contributed by atoms with van der Waals surface area (Å²) in [7, 11) is 1.23. The quantitative estimate of drug-likeness (QED) is 0.804. The molecule has 0 bridgehead atoms. The van der Waals surface area contributed by atoms with Crippen LogP contribution in [0.15, 0.2) is 0 Å². The summed E-state index contributed by atoms with van der Waals surface area (Å²) in [5.74, 6) is 0. The molecule has 7 nitrogen and oxygen atoms in total. The van der Waals surface area contributed by atoms with Crippen molar-refractivity contribution in [1.82, 2.24) is 9.78 Å². The third-order valence-electron chi connectivity index (χ3n) is 5.47. The predicted octanol–water partition coefficient (Wildman–Crippen LogP) is 1.25. The van der Waals surface area contributed by atoms with Gasteiger partial charge in [0.05, 0.1) is 35.8 Å². The summed E-state index contributed by atoms with van der Waals surface area (Å²) in [6.45, 7) is 8.93. The van der Waals surface area contributed by atoms with Crippen LogP contribution in [0.4, 0.5) is 0 Å². The Morgan fingerprint density at radius 3 is 2.48 bits per heavy atom. The second kappa shape index (κ2) is 7.00. The van der Waals surface area contributed by atoms with E-state index >= 15 is 0 Å². The van der Waals surface area contributed by atoms with Gasteiger partial charge in [-0.2, -0.15) is 5.10 Å². The maximum absolute atomic E-state index is 9.81. The third-order valence-corrected chi connectivity index (χ3v) is 5.47. The fourth-order valence-electron chi connectivity index (χ4n) is 3.18. The molecule has 1 aromatic heterocycles. The van der Waals surface area contributed by atoms with Gasteiger partial charge in [0.25, 0.3) is 0 Å². The number of hydrogen-bond donors (Lipinski definition) is 1. The van der Waals surface area contributed by atoms with E-state index in [0.717, 1.165) is 37.0 Å². The molecule has 0 saturated carbocycles. The van der Waals surface area contributed by atoms with Crippen molar-refractivity contribution in [3.8, 4) is 0 Å². The summed E-state index contributed by atoms with van der Waals surface area (Å²) in [6.07, 6.45) is 2.89. The van der Waals surface area contributed by atoms with Crippen LogP contribution in [0.1, 0.15) is 58.3 Å². The molecule has 0 aliphatic carbocycles. The number of nitrogens with zero attached hydrogens (tertiary/aromatic N) is 2. The number of rotatable bonds is 5. The number of aliphatic hydroxyl groups excluding tert-OH is 1. The first-order chi connectivity index (χ1) is 11.7. The van der Waals surface area contributed by atoms with E-state index in [-0.39, 0.29) is 12.9 Å². The van der Waals surface area contributed by atoms with Gasteiger partial charge in [0.1, 0.15) is 0 Å². The second-order valence-electron chi connectivity index (χ2n) is 7.78. The Morgan fingerprint density at radius 2 is 1.92 bits per heavy atom. The van der Waals surface area contributed by atoms with Gasteiger partial charge in [0, 0.05) is 19.1 Å². The lowest BCUT2D eigenvalue weighted by atomic mass is 9.77. The van der Waals surface area contributed by atoms with E-state index < -0.39 is 18.3 Å². The SMILES string of the molecule is Cn1nc(COC2CCCCO2)c(B2OC(C)(C)C(C)(C)O2)c1CO. The standard InChI is InChI=1S/C17H29BN2O5/c1-16(2)17(3,4)25-18(24-16)15-12(19-20(5)13(15)10-21)11-23-14-8-6-7-9-22-14/h14,21H,6-11H2,1-5H3. The summed E-state index contributed by atoms with van der Waals surface area (Å²) < 4.78 is 25.5. The highest BCUT2D eigenvalue weighted by Crippen LogP contribution is 2.37. The largest absolute Gasteiger partial charge is 0.498 e. The highest BCUT2D eigenvalue weighted by molar-refractivity contribution is 6.63. The molecule has 3 rings (SSSR count). The molecule has 0 radical (unpaired) electrons. The Kier molecular flexibility index (Phi) is 5.28. The fraction of sp³-hybridized carbons (Fsp3) is 0.824. The van der Waals surface area contributed by atoms with Crippen LogP contribution in [0.5, 0.6) is 0 Å². The maximum Gasteiger partial charge on any atom is 0.498 e. The molecule has 2 aliphatic heterocycles. The molecule has 3 heterocycles. The molecule has 140 valence electrons. The van der Waals surface area contributed by atoms with Gasteiger partial charge in [0.2, 0.25) is 0 Å². The van der Waals surface area contributed by atoms with E-state index in [0.29, 0.717) is 12.3 Å². The van der Waals surface area contributed by atoms with Crippen molar-refractivity contribution >= 4 is 12.6 Å². The van der Waals surface area contributed by atoms with Gasteiger partial charge in [-0.25, -0.2) is 0 Å². The van der Waals surface area contributed by atoms with Crippen LogP contribution in [0, 0.1) is 0 Å². The molecule has 2 saturated heterocycles. The van der Waals surface area contributed by atoms with E-state index in [1.807, 2.05) is 27.7 Å². The maximum atomic E-state index is 9.81. The minimum Gasteiger partial charge on any atom is -0.399 e. The highest BCUT2D eigenvalue weighted by atomic mass is 16.7. The zero-order valence-electron chi connectivity index (χ0n) is 15.9. The monoisotopic (exact) mass is 352 g/mol. The average molecular weight is 352 g/mol. The lowest BCUT2D eigenvalue weighted by Gasteiger charge is -2.32. The van der Waals surface area contributed by atoms with Gasteiger partial charge in [-0.15, -0.1) is 0 Å². The molecule has 1 aromatic rings. The van der Waals surface area contributed by atoms with Gasteiger partial charge in [-0.3, -0.25) is 4.68 Å². The number of aromatic nitrogens is 2. The van der Waals surface area contributed by atoms with Gasteiger partial charge < -0.3 is 23.9 Å². The topological polar surface area (TPSA) is 75.0 Å². The van der Waals surface area contributed by atoms with E-state index in [1.165, 1.54) is 0 Å². The fourth-order valence-corrected chi connectivity index (χ4v) is 3.18. The summed E-state index contributed by atoms with van der Waals surface area (Å²) in [5.41, 5.74) is 1.26. The summed E-state index contributed by atoms with van der Waals surface area (Å²) in [4.78, 5) is 0. The van der Waals surface area contributed by atoms with Gasteiger partial charge in [-0.1, -0.05) is 0 Å². The summed E-state index contributed by atoms with van der Waals surface area (Å²) in [6, 6.07) is 0. The van der Waals surface area contributed by atoms with Crippen molar-refractivity contribution in [3.05, 3.63) is 11.4 Å². The summed E-state index contributed by atoms with van der Waals surface area (Å²) in [5, 5.41) is 14.3. The lowest BCUT2D eigenvalue weighted by molar-refractivity contribution is -0.169. The molecule has 2 aliphatic rings. The zero-order chi connectivity index (χ0) is 18.2. The molecule has 0 aromatic carbocycles. The average Bonchev–Trinajstić information content (AvgIpc) is 2.98. The smallest absolute Gasteiger partial charge is 0.399 e. The van der Waals surface area contributed by atoms with E-state index in [9.17, 15) is 5.11 Å². The van der Waals surface area contributed by atoms with E-state index in [2.05, 4.69) is 5.10 Å². The van der Waals surface area contributed by atoms with Crippen LogP contribution in [0.2, 0.25) is 0 Å². The minimum absolute atomic E-state index is 0.136. The molecular formula is C17H29BN2O5. The normalized spacial score (nSPS) is 25.5. The van der Waals surface area contributed by atoms with Crippen LogP contribution in [-0.2, 0) is 39.0 Å². The third kappa shape index (κ3) is 3.64. The Morgan fingerprint density at radius 1 is 1.24 bits per heavy atom. The van der Waals surface area contributed by atoms with Gasteiger partial charge in [-0.05, 0) is 47.0 Å². The first-order valence-corrected chi connectivity index (χ1v) is 8.99. The molecule has 1 N–H and O–H groups in total. The highest BCUT2D eigenvalue weighted by Gasteiger charge is 2.53. The predicted molar refractivity (Wildman–Crippen MR) is 93.2 cm³/mol. The van der Waals surface area contributed by atoms with Gasteiger partial charge in [0.15, 0.2) is 6.29 Å². The summed E-state index contributed by atoms with van der Waals surface area (Å²) >= 11 is 0. The number of hydrogen-bond acceptors (Lipinski definition) is 6. The van der Waals surface area contributed by atoms with Crippen molar-refractivity contribution in [1.29, 1.82) is 0 Å². The van der Waals surface area contributed by atoms with Crippen LogP contribution in [-0.4, -0.2) is 46.1 Å². The molecule has 0 spiro atoms. The van der Waals surface area contributed by atoms with Crippen LogP contribution in [0.25, 0.3) is 0 Å². The van der Waals surface area contributed by atoms with Crippen LogP contribution >= 0.6 is 0 Å². The molecule has 1 unspecified atom stereocenters. The molecule has 2 fully saturated rings. The van der Waals surface area contributed by atoms with Crippen molar-refractivity contribution in [2.24, 2.45) is 7.05 Å². The van der Waals surface area contributed by atoms with Crippen molar-refractivity contribution < 1.29 is 23.9 Å². The Hall–Kier alpha value is -0.925. The molecule has 8 heteroatoms. The van der Waals surface area contributed by atoms with Crippen molar-refractivity contribution in [2.75, 3.05) is 6.61 Å². The van der Waals surface area contributed by atoms with E-state index in [4.69, 9.17) is 18.8 Å². The molecule has 0 amide bonds. The first kappa shape index (κ1) is 18.9. The first-order valence-electron chi connectivity index (χ1n) is 8.99. The van der Waals surface area contributed by atoms with Gasteiger partial charge >= 0.3 is 7.12 Å². The molecule has 1 atom stereocenters. The Balaban J connectivity index is 1.82.